The van der Waals surface area contributed by atoms with Crippen LogP contribution in [0.2, 0.25) is 0 Å². The molecule has 1 aromatic rings. The average Bonchev–Trinajstić information content (AvgIpc) is 2.44. The van der Waals surface area contributed by atoms with Crippen molar-refractivity contribution in [1.29, 1.82) is 0 Å². The number of phenolic OH excluding ortho intramolecular Hbond substituents is 1. The van der Waals surface area contributed by atoms with E-state index in [0.29, 0.717) is 11.8 Å². The fourth-order valence-corrected chi connectivity index (χ4v) is 3.52. The summed E-state index contributed by atoms with van der Waals surface area (Å²) in [6.45, 7) is 5.41. The van der Waals surface area contributed by atoms with Gasteiger partial charge in [-0.1, -0.05) is 25.1 Å². The second-order valence-corrected chi connectivity index (χ2v) is 6.22. The van der Waals surface area contributed by atoms with Crippen molar-refractivity contribution in [3.8, 4) is 5.75 Å². The molecule has 1 aliphatic carbocycles. The van der Waals surface area contributed by atoms with Gasteiger partial charge in [0.25, 0.3) is 0 Å². The second kappa shape index (κ2) is 6.64. The molecule has 0 spiro atoms. The predicted octanol–water partition coefficient (Wildman–Crippen LogP) is 4.26. The highest BCUT2D eigenvalue weighted by atomic mass is 127. The highest BCUT2D eigenvalue weighted by Crippen LogP contribution is 2.32. The zero-order valence-electron chi connectivity index (χ0n) is 11.7. The van der Waals surface area contributed by atoms with Crippen LogP contribution in [0.5, 0.6) is 5.75 Å². The summed E-state index contributed by atoms with van der Waals surface area (Å²) >= 11 is 2.43. The van der Waals surface area contributed by atoms with Gasteiger partial charge in [-0.3, -0.25) is 0 Å². The number of allylic oxidation sites excluding steroid dienone is 1. The molecule has 0 saturated carbocycles. The van der Waals surface area contributed by atoms with Crippen LogP contribution >= 0.6 is 22.6 Å². The molecule has 0 saturated heterocycles. The van der Waals surface area contributed by atoms with Gasteiger partial charge in [0, 0.05) is 12.6 Å². The van der Waals surface area contributed by atoms with Crippen LogP contribution in [0.25, 0.3) is 0 Å². The van der Waals surface area contributed by atoms with Crippen LogP contribution in [0, 0.1) is 0 Å². The third-order valence-corrected chi connectivity index (χ3v) is 5.10. The standard InChI is InChI=1S/C16H22INO/c1-3-10-18(16(17)4-2)13-9-8-12-6-5-7-15(19)14(12)11-13/h4-7,13,19H,3,8-11H2,1-2H3/b16-4-. The third-order valence-electron chi connectivity index (χ3n) is 3.85. The van der Waals surface area contributed by atoms with Gasteiger partial charge >= 0.3 is 0 Å². The molecular weight excluding hydrogens is 349 g/mol. The Morgan fingerprint density at radius 2 is 2.32 bits per heavy atom. The highest BCUT2D eigenvalue weighted by molar-refractivity contribution is 14.1. The van der Waals surface area contributed by atoms with Crippen LogP contribution in [0.4, 0.5) is 0 Å². The SMILES string of the molecule is C/C=C(/I)N(CCC)C1CCc2cccc(O)c2C1. The maximum Gasteiger partial charge on any atom is 0.119 e. The van der Waals surface area contributed by atoms with Crippen LogP contribution in [-0.4, -0.2) is 22.6 Å². The van der Waals surface area contributed by atoms with Crippen molar-refractivity contribution in [2.24, 2.45) is 0 Å². The van der Waals surface area contributed by atoms with E-state index in [9.17, 15) is 5.11 Å². The van der Waals surface area contributed by atoms with Crippen molar-refractivity contribution < 1.29 is 5.11 Å². The lowest BCUT2D eigenvalue weighted by atomic mass is 9.87. The average molecular weight is 371 g/mol. The van der Waals surface area contributed by atoms with Crippen LogP contribution in [0.3, 0.4) is 0 Å². The number of phenols is 1. The predicted molar refractivity (Wildman–Crippen MR) is 88.7 cm³/mol. The van der Waals surface area contributed by atoms with E-state index in [-0.39, 0.29) is 0 Å². The molecule has 1 aromatic carbocycles. The first-order valence-electron chi connectivity index (χ1n) is 7.05. The Labute approximate surface area is 129 Å². The van der Waals surface area contributed by atoms with E-state index in [1.165, 1.54) is 15.7 Å². The van der Waals surface area contributed by atoms with Crippen molar-refractivity contribution in [1.82, 2.24) is 4.90 Å². The second-order valence-electron chi connectivity index (χ2n) is 5.12. The number of nitrogens with zero attached hydrogens (tertiary/aromatic N) is 1. The molecule has 1 N–H and O–H groups in total. The first-order valence-corrected chi connectivity index (χ1v) is 8.13. The van der Waals surface area contributed by atoms with Gasteiger partial charge in [-0.15, -0.1) is 0 Å². The summed E-state index contributed by atoms with van der Waals surface area (Å²) in [6, 6.07) is 6.43. The summed E-state index contributed by atoms with van der Waals surface area (Å²) in [4.78, 5) is 2.50. The maximum absolute atomic E-state index is 10.0. The number of halogens is 1. The minimum atomic E-state index is 0.467. The Balaban J connectivity index is 2.22. The fourth-order valence-electron chi connectivity index (χ4n) is 2.89. The zero-order valence-corrected chi connectivity index (χ0v) is 13.9. The van der Waals surface area contributed by atoms with Crippen molar-refractivity contribution in [2.45, 2.75) is 45.6 Å². The highest BCUT2D eigenvalue weighted by Gasteiger charge is 2.25. The monoisotopic (exact) mass is 371 g/mol. The van der Waals surface area contributed by atoms with E-state index in [2.05, 4.69) is 53.5 Å². The van der Waals surface area contributed by atoms with Crippen LogP contribution in [-0.2, 0) is 12.8 Å². The largest absolute Gasteiger partial charge is 0.508 e. The van der Waals surface area contributed by atoms with Crippen molar-refractivity contribution in [3.05, 3.63) is 39.1 Å². The van der Waals surface area contributed by atoms with E-state index in [4.69, 9.17) is 0 Å². The molecule has 104 valence electrons. The Morgan fingerprint density at radius 1 is 1.53 bits per heavy atom. The van der Waals surface area contributed by atoms with Gasteiger partial charge < -0.3 is 10.0 Å². The van der Waals surface area contributed by atoms with Crippen LogP contribution in [0.15, 0.2) is 28.0 Å². The zero-order chi connectivity index (χ0) is 13.8. The van der Waals surface area contributed by atoms with Crippen molar-refractivity contribution >= 4 is 22.6 Å². The summed E-state index contributed by atoms with van der Waals surface area (Å²) in [6.07, 6.45) is 6.54. The normalized spacial score (nSPS) is 19.1. The Bertz CT molecular complexity index is 470. The molecule has 0 bridgehead atoms. The van der Waals surface area contributed by atoms with Crippen LogP contribution < -0.4 is 0 Å². The Hall–Kier alpha value is -0.710. The molecule has 3 heteroatoms. The van der Waals surface area contributed by atoms with E-state index in [0.717, 1.165) is 31.4 Å². The first kappa shape index (κ1) is 14.7. The molecule has 1 atom stereocenters. The molecule has 1 unspecified atom stereocenters. The first-order chi connectivity index (χ1) is 9.17. The molecule has 0 heterocycles. The van der Waals surface area contributed by atoms with Crippen molar-refractivity contribution in [3.63, 3.8) is 0 Å². The number of hydrogen-bond donors (Lipinski definition) is 1. The van der Waals surface area contributed by atoms with Gasteiger partial charge in [0.05, 0.1) is 3.70 Å². The topological polar surface area (TPSA) is 23.5 Å². The van der Waals surface area contributed by atoms with E-state index in [1.54, 1.807) is 0 Å². The smallest absolute Gasteiger partial charge is 0.119 e. The number of aromatic hydroxyl groups is 1. The number of rotatable bonds is 4. The quantitative estimate of drug-likeness (QED) is 0.632. The van der Waals surface area contributed by atoms with E-state index >= 15 is 0 Å². The van der Waals surface area contributed by atoms with Gasteiger partial charge in [0.15, 0.2) is 0 Å². The number of fused-ring (bicyclic) bond motifs is 1. The molecule has 0 amide bonds. The third kappa shape index (κ3) is 3.25. The lowest BCUT2D eigenvalue weighted by Crippen LogP contribution is -2.38. The molecule has 1 aliphatic rings. The Kier molecular flexibility index (Phi) is 5.13. The summed E-state index contributed by atoms with van der Waals surface area (Å²) < 4.78 is 1.32. The number of benzene rings is 1. The number of hydrogen-bond acceptors (Lipinski definition) is 2. The molecule has 0 radical (unpaired) electrons. The minimum absolute atomic E-state index is 0.467. The van der Waals surface area contributed by atoms with Gasteiger partial charge in [-0.2, -0.15) is 0 Å². The lowest BCUT2D eigenvalue weighted by molar-refractivity contribution is 0.247. The minimum Gasteiger partial charge on any atom is -0.508 e. The lowest BCUT2D eigenvalue weighted by Gasteiger charge is -2.36. The van der Waals surface area contributed by atoms with Crippen molar-refractivity contribution in [2.75, 3.05) is 6.54 Å². The molecule has 2 rings (SSSR count). The fraction of sp³-hybridized carbons (Fsp3) is 0.500. The van der Waals surface area contributed by atoms with Crippen LogP contribution in [0.1, 0.15) is 37.8 Å². The van der Waals surface area contributed by atoms with Gasteiger partial charge in [0.1, 0.15) is 5.75 Å². The molecular formula is C16H22INO. The Morgan fingerprint density at radius 3 is 3.00 bits per heavy atom. The van der Waals surface area contributed by atoms with E-state index in [1.807, 2.05) is 12.1 Å². The van der Waals surface area contributed by atoms with Gasteiger partial charge in [-0.05, 0) is 72.4 Å². The molecule has 0 aliphatic heterocycles. The van der Waals surface area contributed by atoms with E-state index < -0.39 is 0 Å². The molecule has 0 fully saturated rings. The summed E-state index contributed by atoms with van der Waals surface area (Å²) in [7, 11) is 0. The summed E-state index contributed by atoms with van der Waals surface area (Å²) in [5, 5.41) is 10.0. The molecule has 0 aromatic heterocycles. The number of aryl methyl sites for hydroxylation is 1. The maximum atomic E-state index is 10.0. The summed E-state index contributed by atoms with van der Waals surface area (Å²) in [5.74, 6) is 0.467. The van der Waals surface area contributed by atoms with Gasteiger partial charge in [0.2, 0.25) is 0 Å². The molecule has 19 heavy (non-hydrogen) atoms. The summed E-state index contributed by atoms with van der Waals surface area (Å²) in [5.41, 5.74) is 2.48. The molecule has 2 nitrogen and oxygen atoms in total. The van der Waals surface area contributed by atoms with Gasteiger partial charge in [-0.25, -0.2) is 0 Å².